The molecule has 3 aromatic carbocycles. The van der Waals surface area contributed by atoms with Gasteiger partial charge in [0.25, 0.3) is 0 Å². The highest BCUT2D eigenvalue weighted by molar-refractivity contribution is 7.80. The van der Waals surface area contributed by atoms with Crippen LogP contribution in [-0.4, -0.2) is 7.05 Å². The number of hydrogen-bond donors (Lipinski definition) is 0. The molecule has 0 aromatic heterocycles. The fourth-order valence-electron chi connectivity index (χ4n) is 2.58. The second kappa shape index (κ2) is 6.62. The zero-order valence-electron chi connectivity index (χ0n) is 12.8. The van der Waals surface area contributed by atoms with E-state index in [2.05, 4.69) is 0 Å². The smallest absolute Gasteiger partial charge is 0.229 e. The topological polar surface area (TPSA) is 20.3 Å². The fraction of sp³-hybridized carbons (Fsp3) is 0.0526. The van der Waals surface area contributed by atoms with Crippen LogP contribution in [0.3, 0.4) is 0 Å². The van der Waals surface area contributed by atoms with Gasteiger partial charge in [0.1, 0.15) is 0 Å². The van der Waals surface area contributed by atoms with Crippen LogP contribution < -0.4 is 15.3 Å². The minimum Gasteiger partial charge on any atom is -0.319 e. The molecule has 2 nitrogen and oxygen atoms in total. The maximum Gasteiger partial charge on any atom is 0.229 e. The molecular weight excluding hydrogens is 325 g/mol. The Bertz CT molecular complexity index is 776. The Kier molecular flexibility index (Phi) is 4.56. The molecule has 0 amide bonds. The Morgan fingerprint density at radius 2 is 1.17 bits per heavy atom. The molecule has 0 saturated heterocycles. The Balaban J connectivity index is 2.16. The van der Waals surface area contributed by atoms with Crippen molar-refractivity contribution in [2.45, 2.75) is 0 Å². The van der Waals surface area contributed by atoms with Crippen molar-refractivity contribution in [3.8, 4) is 0 Å². The molecule has 0 aliphatic heterocycles. The molecule has 0 heterocycles. The van der Waals surface area contributed by atoms with Gasteiger partial charge in [-0.05, 0) is 48.5 Å². The molecule has 0 bridgehead atoms. The Morgan fingerprint density at radius 1 is 0.739 bits per heavy atom. The summed E-state index contributed by atoms with van der Waals surface area (Å²) in [4.78, 5) is 0. The summed E-state index contributed by atoms with van der Waals surface area (Å²) in [7, 11) is -1.10. The van der Waals surface area contributed by atoms with Gasteiger partial charge in [-0.1, -0.05) is 48.0 Å². The van der Waals surface area contributed by atoms with Crippen LogP contribution in [-0.2, 0) is 4.57 Å². The molecule has 116 valence electrons. The van der Waals surface area contributed by atoms with Crippen molar-refractivity contribution in [1.82, 2.24) is 0 Å². The third kappa shape index (κ3) is 3.06. The minimum absolute atomic E-state index is 0.663. The molecule has 3 aromatic rings. The van der Waals surface area contributed by atoms with Crippen LogP contribution >= 0.6 is 18.9 Å². The van der Waals surface area contributed by atoms with Gasteiger partial charge in [0.15, 0.2) is 0 Å². The van der Waals surface area contributed by atoms with Crippen molar-refractivity contribution in [2.24, 2.45) is 0 Å². The van der Waals surface area contributed by atoms with Crippen molar-refractivity contribution >= 4 is 35.2 Å². The van der Waals surface area contributed by atoms with Crippen molar-refractivity contribution < 1.29 is 4.57 Å². The highest BCUT2D eigenvalue weighted by Gasteiger charge is 2.32. The van der Waals surface area contributed by atoms with Gasteiger partial charge in [-0.3, -0.25) is 4.57 Å². The van der Waals surface area contributed by atoms with Crippen LogP contribution in [0.25, 0.3) is 0 Å². The van der Waals surface area contributed by atoms with Gasteiger partial charge in [-0.25, -0.2) is 0 Å². The van der Waals surface area contributed by atoms with Gasteiger partial charge in [-0.2, -0.15) is 0 Å². The molecule has 0 spiro atoms. The first-order valence-corrected chi connectivity index (χ1v) is 9.37. The molecule has 0 aliphatic carbocycles. The number of halogens is 1. The molecule has 4 heteroatoms. The first-order chi connectivity index (χ1) is 11.1. The summed E-state index contributed by atoms with van der Waals surface area (Å²) >= 11 is 5.98. The number of nitrogens with zero attached hydrogens (tertiary/aromatic N) is 1. The molecule has 3 rings (SSSR count). The quantitative estimate of drug-likeness (QED) is 0.641. The van der Waals surface area contributed by atoms with E-state index in [9.17, 15) is 4.57 Å². The second-order valence-electron chi connectivity index (χ2n) is 5.25. The third-order valence-electron chi connectivity index (χ3n) is 3.84. The maximum atomic E-state index is 14.1. The summed E-state index contributed by atoms with van der Waals surface area (Å²) in [6, 6.07) is 26.6. The zero-order chi connectivity index (χ0) is 16.3. The summed E-state index contributed by atoms with van der Waals surface area (Å²) in [6.45, 7) is 0. The standard InChI is InChI=1S/C19H17ClNOP/c1-21(17-14-12-16(20)13-15-17)23(22,18-8-4-2-5-9-18)19-10-6-3-7-11-19/h2-15H,1H3. The van der Waals surface area contributed by atoms with E-state index >= 15 is 0 Å². The first kappa shape index (κ1) is 15.9. The largest absolute Gasteiger partial charge is 0.319 e. The van der Waals surface area contributed by atoms with E-state index in [0.717, 1.165) is 16.3 Å². The predicted molar refractivity (Wildman–Crippen MR) is 99.6 cm³/mol. The molecular formula is C19H17ClNOP. The normalized spacial score (nSPS) is 11.2. The van der Waals surface area contributed by atoms with Gasteiger partial charge >= 0.3 is 0 Å². The summed E-state index contributed by atoms with van der Waals surface area (Å²) in [6.07, 6.45) is 0. The lowest BCUT2D eigenvalue weighted by Gasteiger charge is -2.31. The zero-order valence-corrected chi connectivity index (χ0v) is 14.4. The van der Waals surface area contributed by atoms with Gasteiger partial charge in [0, 0.05) is 28.4 Å². The average Bonchev–Trinajstić information content (AvgIpc) is 2.62. The lowest BCUT2D eigenvalue weighted by Crippen LogP contribution is -2.29. The van der Waals surface area contributed by atoms with E-state index in [4.69, 9.17) is 11.6 Å². The van der Waals surface area contributed by atoms with E-state index in [-0.39, 0.29) is 0 Å². The second-order valence-corrected chi connectivity index (χ2v) is 8.47. The van der Waals surface area contributed by atoms with E-state index in [1.165, 1.54) is 0 Å². The van der Waals surface area contributed by atoms with Crippen molar-refractivity contribution in [3.63, 3.8) is 0 Å². The third-order valence-corrected chi connectivity index (χ3v) is 7.16. The van der Waals surface area contributed by atoms with E-state index in [1.807, 2.05) is 96.6 Å². The van der Waals surface area contributed by atoms with Crippen molar-refractivity contribution in [1.29, 1.82) is 0 Å². The highest BCUT2D eigenvalue weighted by Crippen LogP contribution is 2.48. The summed E-state index contributed by atoms with van der Waals surface area (Å²) < 4.78 is 15.9. The summed E-state index contributed by atoms with van der Waals surface area (Å²) in [5.74, 6) is 0. The van der Waals surface area contributed by atoms with Crippen LogP contribution in [0.2, 0.25) is 5.02 Å². The Hall–Kier alpha value is -2.02. The Labute approximate surface area is 141 Å². The fourth-order valence-corrected chi connectivity index (χ4v) is 5.30. The first-order valence-electron chi connectivity index (χ1n) is 7.33. The van der Waals surface area contributed by atoms with Gasteiger partial charge < -0.3 is 4.67 Å². The van der Waals surface area contributed by atoms with E-state index in [0.29, 0.717) is 5.02 Å². The predicted octanol–water partition coefficient (Wildman–Crippen LogP) is 4.71. The average molecular weight is 342 g/mol. The highest BCUT2D eigenvalue weighted by atomic mass is 35.5. The van der Waals surface area contributed by atoms with E-state index in [1.54, 1.807) is 0 Å². The van der Waals surface area contributed by atoms with Gasteiger partial charge in [-0.15, -0.1) is 0 Å². The number of hydrogen-bond acceptors (Lipinski definition) is 1. The van der Waals surface area contributed by atoms with Gasteiger partial charge in [0.2, 0.25) is 7.29 Å². The molecule has 0 N–H and O–H groups in total. The number of anilines is 1. The van der Waals surface area contributed by atoms with Crippen molar-refractivity contribution in [3.05, 3.63) is 90.0 Å². The van der Waals surface area contributed by atoms with Crippen LogP contribution in [0, 0.1) is 0 Å². The molecule has 0 saturated carbocycles. The molecule has 23 heavy (non-hydrogen) atoms. The summed E-state index contributed by atoms with van der Waals surface area (Å²) in [5.41, 5.74) is 0.866. The molecule has 0 fully saturated rings. The van der Waals surface area contributed by atoms with Crippen LogP contribution in [0.1, 0.15) is 0 Å². The van der Waals surface area contributed by atoms with Crippen molar-refractivity contribution in [2.75, 3.05) is 11.7 Å². The van der Waals surface area contributed by atoms with Crippen LogP contribution in [0.5, 0.6) is 0 Å². The monoisotopic (exact) mass is 341 g/mol. The molecule has 0 atom stereocenters. The lowest BCUT2D eigenvalue weighted by molar-refractivity contribution is 0.586. The van der Waals surface area contributed by atoms with Gasteiger partial charge in [0.05, 0.1) is 0 Å². The maximum absolute atomic E-state index is 14.1. The number of rotatable bonds is 4. The molecule has 0 aliphatic rings. The van der Waals surface area contributed by atoms with Crippen LogP contribution in [0.4, 0.5) is 5.69 Å². The molecule has 0 radical (unpaired) electrons. The Morgan fingerprint density at radius 3 is 1.61 bits per heavy atom. The minimum atomic E-state index is -2.96. The number of benzene rings is 3. The SMILES string of the molecule is CN(c1ccc(Cl)cc1)P(=O)(c1ccccc1)c1ccccc1. The lowest BCUT2D eigenvalue weighted by atomic mass is 10.3. The van der Waals surface area contributed by atoms with E-state index < -0.39 is 7.29 Å². The molecule has 0 unspecified atom stereocenters. The summed E-state index contributed by atoms with van der Waals surface area (Å²) in [5, 5.41) is 2.28. The van der Waals surface area contributed by atoms with Crippen LogP contribution in [0.15, 0.2) is 84.9 Å².